The number of hydrogen-bond acceptors (Lipinski definition) is 2. The van der Waals surface area contributed by atoms with Gasteiger partial charge in [-0.1, -0.05) is 57.0 Å². The van der Waals surface area contributed by atoms with Gasteiger partial charge < -0.3 is 9.90 Å². The molecule has 0 bridgehead atoms. The SMILES string of the molecule is CC(C)=O.CC(O)Cc1ccccc1.CCCC. The summed E-state index contributed by atoms with van der Waals surface area (Å²) in [5.74, 6) is 0.167. The van der Waals surface area contributed by atoms with Gasteiger partial charge in [0.15, 0.2) is 0 Å². The van der Waals surface area contributed by atoms with Crippen LogP contribution in [0.15, 0.2) is 30.3 Å². The molecule has 0 aromatic heterocycles. The average molecular weight is 252 g/mol. The quantitative estimate of drug-likeness (QED) is 0.882. The average Bonchev–Trinajstić information content (AvgIpc) is 2.29. The normalized spacial score (nSPS) is 10.3. The summed E-state index contributed by atoms with van der Waals surface area (Å²) in [5, 5.41) is 9.01. The fourth-order valence-corrected chi connectivity index (χ4v) is 0.955. The first-order valence-corrected chi connectivity index (χ1v) is 6.63. The number of hydrogen-bond donors (Lipinski definition) is 1. The highest BCUT2D eigenvalue weighted by molar-refractivity contribution is 5.72. The Kier molecular flexibility index (Phi) is 14.8. The lowest BCUT2D eigenvalue weighted by molar-refractivity contribution is -0.114. The maximum Gasteiger partial charge on any atom is 0.126 e. The van der Waals surface area contributed by atoms with Gasteiger partial charge in [0.05, 0.1) is 6.10 Å². The molecule has 0 heterocycles. The van der Waals surface area contributed by atoms with E-state index in [0.717, 1.165) is 6.42 Å². The monoisotopic (exact) mass is 252 g/mol. The third-order valence-corrected chi connectivity index (χ3v) is 1.87. The van der Waals surface area contributed by atoms with Crippen molar-refractivity contribution in [3.63, 3.8) is 0 Å². The number of ketones is 1. The lowest BCUT2D eigenvalue weighted by Gasteiger charge is -2.01. The largest absolute Gasteiger partial charge is 0.393 e. The maximum atomic E-state index is 9.44. The molecule has 1 rings (SSSR count). The predicted octanol–water partition coefficient (Wildman–Crippen LogP) is 4.01. The van der Waals surface area contributed by atoms with Crippen molar-refractivity contribution in [1.82, 2.24) is 0 Å². The molecule has 1 atom stereocenters. The van der Waals surface area contributed by atoms with E-state index in [2.05, 4.69) is 13.8 Å². The molecule has 0 saturated heterocycles. The molecular formula is C16H28O2. The lowest BCUT2D eigenvalue weighted by Crippen LogP contribution is -2.03. The number of aliphatic hydroxyl groups excluding tert-OH is 1. The van der Waals surface area contributed by atoms with Crippen LogP contribution in [0.3, 0.4) is 0 Å². The van der Waals surface area contributed by atoms with Crippen molar-refractivity contribution in [2.45, 2.75) is 60.0 Å². The van der Waals surface area contributed by atoms with Crippen molar-refractivity contribution in [3.8, 4) is 0 Å². The number of carbonyl (C=O) groups excluding carboxylic acids is 1. The number of benzene rings is 1. The van der Waals surface area contributed by atoms with Crippen molar-refractivity contribution >= 4 is 5.78 Å². The molecule has 0 spiro atoms. The van der Waals surface area contributed by atoms with Gasteiger partial charge in [0.1, 0.15) is 5.78 Å². The van der Waals surface area contributed by atoms with Gasteiger partial charge in [0.2, 0.25) is 0 Å². The first-order chi connectivity index (χ1) is 8.43. The van der Waals surface area contributed by atoms with Crippen LogP contribution in [0.1, 0.15) is 53.0 Å². The Hall–Kier alpha value is -1.15. The minimum atomic E-state index is -0.234. The molecule has 1 unspecified atom stereocenters. The molecule has 0 fully saturated rings. The summed E-state index contributed by atoms with van der Waals surface area (Å²) in [4.78, 5) is 9.44. The second-order valence-electron chi connectivity index (χ2n) is 4.45. The zero-order chi connectivity index (χ0) is 14.4. The summed E-state index contributed by atoms with van der Waals surface area (Å²) in [6, 6.07) is 9.99. The van der Waals surface area contributed by atoms with Crippen LogP contribution < -0.4 is 0 Å². The van der Waals surface area contributed by atoms with Crippen LogP contribution in [0.25, 0.3) is 0 Å². The maximum absolute atomic E-state index is 9.44. The van der Waals surface area contributed by atoms with Crippen LogP contribution in [-0.2, 0) is 11.2 Å². The molecule has 2 nitrogen and oxygen atoms in total. The molecule has 2 heteroatoms. The summed E-state index contributed by atoms with van der Waals surface area (Å²) >= 11 is 0. The van der Waals surface area contributed by atoms with Gasteiger partial charge in [-0.05, 0) is 32.8 Å². The van der Waals surface area contributed by atoms with Crippen molar-refractivity contribution in [2.75, 3.05) is 0 Å². The van der Waals surface area contributed by atoms with E-state index in [1.807, 2.05) is 30.3 Å². The molecule has 0 saturated carbocycles. The van der Waals surface area contributed by atoms with Crippen LogP contribution >= 0.6 is 0 Å². The first-order valence-electron chi connectivity index (χ1n) is 6.63. The summed E-state index contributed by atoms with van der Waals surface area (Å²) in [7, 11) is 0. The van der Waals surface area contributed by atoms with E-state index in [4.69, 9.17) is 5.11 Å². The number of carbonyl (C=O) groups is 1. The van der Waals surface area contributed by atoms with Crippen LogP contribution in [0, 0.1) is 0 Å². The van der Waals surface area contributed by atoms with E-state index < -0.39 is 0 Å². The van der Waals surface area contributed by atoms with Gasteiger partial charge in [0, 0.05) is 0 Å². The zero-order valence-corrected chi connectivity index (χ0v) is 12.4. The molecule has 1 N–H and O–H groups in total. The number of aliphatic hydroxyl groups is 1. The zero-order valence-electron chi connectivity index (χ0n) is 12.4. The van der Waals surface area contributed by atoms with Gasteiger partial charge in [-0.15, -0.1) is 0 Å². The number of rotatable bonds is 3. The van der Waals surface area contributed by atoms with Crippen LogP contribution in [0.5, 0.6) is 0 Å². The minimum Gasteiger partial charge on any atom is -0.393 e. The molecule has 1 aromatic carbocycles. The molecule has 18 heavy (non-hydrogen) atoms. The Morgan fingerprint density at radius 2 is 1.50 bits per heavy atom. The summed E-state index contributed by atoms with van der Waals surface area (Å²) < 4.78 is 0. The molecule has 0 aliphatic rings. The van der Waals surface area contributed by atoms with Crippen molar-refractivity contribution in [1.29, 1.82) is 0 Å². The van der Waals surface area contributed by atoms with E-state index in [9.17, 15) is 4.79 Å². The Bertz CT molecular complexity index is 272. The fraction of sp³-hybridized carbons (Fsp3) is 0.562. The molecule has 0 aliphatic carbocycles. The molecular weight excluding hydrogens is 224 g/mol. The highest BCUT2D eigenvalue weighted by Crippen LogP contribution is 2.01. The Balaban J connectivity index is 0. The van der Waals surface area contributed by atoms with Crippen LogP contribution in [0.2, 0.25) is 0 Å². The smallest absolute Gasteiger partial charge is 0.126 e. The van der Waals surface area contributed by atoms with E-state index in [0.29, 0.717) is 0 Å². The Labute approximate surface area is 112 Å². The standard InChI is InChI=1S/C9H12O.C4H10.C3H6O/c1-8(10)7-9-5-3-2-4-6-9;1-3-4-2;1-3(2)4/h2-6,8,10H,7H2,1H3;3-4H2,1-2H3;1-2H3. The summed E-state index contributed by atoms with van der Waals surface area (Å²) in [5.41, 5.74) is 1.19. The van der Waals surface area contributed by atoms with Gasteiger partial charge >= 0.3 is 0 Å². The Morgan fingerprint density at radius 1 is 1.11 bits per heavy atom. The summed E-state index contributed by atoms with van der Waals surface area (Å²) in [6.45, 7) is 9.22. The van der Waals surface area contributed by atoms with Gasteiger partial charge in [-0.25, -0.2) is 0 Å². The Morgan fingerprint density at radius 3 is 1.78 bits per heavy atom. The molecule has 0 radical (unpaired) electrons. The highest BCUT2D eigenvalue weighted by Gasteiger charge is 1.95. The second kappa shape index (κ2) is 13.9. The number of unbranched alkanes of at least 4 members (excludes halogenated alkanes) is 1. The third kappa shape index (κ3) is 20.3. The lowest BCUT2D eigenvalue weighted by atomic mass is 10.1. The van der Waals surface area contributed by atoms with Crippen LogP contribution in [0.4, 0.5) is 0 Å². The van der Waals surface area contributed by atoms with E-state index in [1.54, 1.807) is 6.92 Å². The number of Topliss-reactive ketones (excluding diaryl/α,β-unsaturated/α-hetero) is 1. The fourth-order valence-electron chi connectivity index (χ4n) is 0.955. The van der Waals surface area contributed by atoms with Gasteiger partial charge in [-0.3, -0.25) is 0 Å². The predicted molar refractivity (Wildman–Crippen MR) is 78.8 cm³/mol. The second-order valence-corrected chi connectivity index (χ2v) is 4.45. The third-order valence-electron chi connectivity index (χ3n) is 1.87. The molecule has 0 aliphatic heterocycles. The van der Waals surface area contributed by atoms with E-state index in [1.165, 1.54) is 32.3 Å². The topological polar surface area (TPSA) is 37.3 Å². The van der Waals surface area contributed by atoms with E-state index >= 15 is 0 Å². The molecule has 1 aromatic rings. The highest BCUT2D eigenvalue weighted by atomic mass is 16.3. The van der Waals surface area contributed by atoms with Gasteiger partial charge in [0.25, 0.3) is 0 Å². The minimum absolute atomic E-state index is 0.167. The van der Waals surface area contributed by atoms with Crippen LogP contribution in [-0.4, -0.2) is 17.0 Å². The van der Waals surface area contributed by atoms with Crippen molar-refractivity contribution in [2.24, 2.45) is 0 Å². The van der Waals surface area contributed by atoms with E-state index in [-0.39, 0.29) is 11.9 Å². The van der Waals surface area contributed by atoms with Gasteiger partial charge in [-0.2, -0.15) is 0 Å². The molecule has 0 amide bonds. The van der Waals surface area contributed by atoms with Crippen molar-refractivity contribution in [3.05, 3.63) is 35.9 Å². The summed E-state index contributed by atoms with van der Waals surface area (Å²) in [6.07, 6.45) is 3.16. The molecule has 104 valence electrons. The first kappa shape index (κ1) is 19.2. The van der Waals surface area contributed by atoms with Crippen molar-refractivity contribution < 1.29 is 9.90 Å².